The zero-order valence-electron chi connectivity index (χ0n) is 9.57. The van der Waals surface area contributed by atoms with Gasteiger partial charge in [-0.3, -0.25) is 0 Å². The third-order valence-electron chi connectivity index (χ3n) is 2.12. The highest BCUT2D eigenvalue weighted by molar-refractivity contribution is 5.85. The first kappa shape index (κ1) is 14.3. The van der Waals surface area contributed by atoms with Gasteiger partial charge in [-0.15, -0.1) is 12.4 Å². The summed E-state index contributed by atoms with van der Waals surface area (Å²) in [7, 11) is 0. The molecule has 1 rings (SSSR count). The Labute approximate surface area is 98.2 Å². The summed E-state index contributed by atoms with van der Waals surface area (Å²) in [4.78, 5) is 0. The molecule has 0 heterocycles. The highest BCUT2D eigenvalue weighted by atomic mass is 35.5. The fourth-order valence-corrected chi connectivity index (χ4v) is 1.30. The summed E-state index contributed by atoms with van der Waals surface area (Å²) in [5.41, 5.74) is 7.07. The van der Waals surface area contributed by atoms with Crippen LogP contribution in [0.4, 0.5) is 0 Å². The quantitative estimate of drug-likeness (QED) is 0.860. The van der Waals surface area contributed by atoms with Crippen LogP contribution in [0.15, 0.2) is 24.3 Å². The monoisotopic (exact) mass is 229 g/mol. The van der Waals surface area contributed by atoms with Crippen molar-refractivity contribution in [3.05, 3.63) is 29.8 Å². The summed E-state index contributed by atoms with van der Waals surface area (Å²) >= 11 is 0. The highest BCUT2D eigenvalue weighted by Crippen LogP contribution is 2.18. The number of ether oxygens (including phenoxy) is 1. The number of nitrogens with two attached hydrogens (primary N) is 1. The zero-order chi connectivity index (χ0) is 10.6. The van der Waals surface area contributed by atoms with Crippen LogP contribution < -0.4 is 10.5 Å². The largest absolute Gasteiger partial charge is 0.491 e. The molecule has 2 nitrogen and oxygen atoms in total. The lowest BCUT2D eigenvalue weighted by molar-refractivity contribution is 0.242. The molecule has 15 heavy (non-hydrogen) atoms. The minimum Gasteiger partial charge on any atom is -0.491 e. The fourth-order valence-electron chi connectivity index (χ4n) is 1.30. The molecule has 0 aliphatic carbocycles. The summed E-state index contributed by atoms with van der Waals surface area (Å²) in [6.07, 6.45) is 1.19. The average molecular weight is 230 g/mol. The molecule has 0 fully saturated rings. The average Bonchev–Trinajstić information content (AvgIpc) is 2.17. The standard InChI is InChI=1S/C12H19NO.ClH/c1-4-12(13)10-5-7-11(8-6-10)14-9(2)3;/h5-9,12H,4,13H2,1-3H3;1H/t12-;/m1./s1. The van der Waals surface area contributed by atoms with E-state index in [1.807, 2.05) is 38.1 Å². The molecule has 3 heteroatoms. The van der Waals surface area contributed by atoms with E-state index >= 15 is 0 Å². The number of halogens is 1. The van der Waals surface area contributed by atoms with E-state index < -0.39 is 0 Å². The van der Waals surface area contributed by atoms with Crippen LogP contribution >= 0.6 is 12.4 Å². The van der Waals surface area contributed by atoms with Gasteiger partial charge in [0.2, 0.25) is 0 Å². The van der Waals surface area contributed by atoms with Gasteiger partial charge in [-0.25, -0.2) is 0 Å². The van der Waals surface area contributed by atoms with Crippen molar-refractivity contribution in [2.45, 2.75) is 39.3 Å². The highest BCUT2D eigenvalue weighted by Gasteiger charge is 2.03. The molecule has 0 aromatic heterocycles. The molecule has 0 aliphatic heterocycles. The Morgan fingerprint density at radius 3 is 2.13 bits per heavy atom. The van der Waals surface area contributed by atoms with Gasteiger partial charge in [0.05, 0.1) is 6.10 Å². The molecule has 0 saturated heterocycles. The Bertz CT molecular complexity index is 271. The van der Waals surface area contributed by atoms with Gasteiger partial charge in [0, 0.05) is 6.04 Å². The van der Waals surface area contributed by atoms with Crippen LogP contribution in [0.5, 0.6) is 5.75 Å². The van der Waals surface area contributed by atoms with Gasteiger partial charge >= 0.3 is 0 Å². The van der Waals surface area contributed by atoms with E-state index in [2.05, 4.69) is 6.92 Å². The van der Waals surface area contributed by atoms with Crippen LogP contribution in [0.1, 0.15) is 38.8 Å². The molecule has 0 saturated carbocycles. The summed E-state index contributed by atoms with van der Waals surface area (Å²) in [6.45, 7) is 6.13. The fraction of sp³-hybridized carbons (Fsp3) is 0.500. The summed E-state index contributed by atoms with van der Waals surface area (Å²) in [5.74, 6) is 0.909. The predicted octanol–water partition coefficient (Wildman–Crippen LogP) is 3.31. The van der Waals surface area contributed by atoms with Gasteiger partial charge in [-0.2, -0.15) is 0 Å². The van der Waals surface area contributed by atoms with Crippen molar-refractivity contribution in [2.24, 2.45) is 5.73 Å². The van der Waals surface area contributed by atoms with Crippen LogP contribution in [0.25, 0.3) is 0 Å². The van der Waals surface area contributed by atoms with Crippen LogP contribution in [0.3, 0.4) is 0 Å². The minimum absolute atomic E-state index is 0. The van der Waals surface area contributed by atoms with Crippen molar-refractivity contribution in [3.8, 4) is 5.75 Å². The van der Waals surface area contributed by atoms with Crippen LogP contribution in [-0.4, -0.2) is 6.10 Å². The molecule has 0 amide bonds. The van der Waals surface area contributed by atoms with Crippen LogP contribution in [0.2, 0.25) is 0 Å². The van der Waals surface area contributed by atoms with Crippen molar-refractivity contribution in [2.75, 3.05) is 0 Å². The molecule has 1 aromatic carbocycles. The zero-order valence-corrected chi connectivity index (χ0v) is 10.4. The van der Waals surface area contributed by atoms with Gasteiger partial charge in [0.25, 0.3) is 0 Å². The Morgan fingerprint density at radius 1 is 1.20 bits per heavy atom. The molecular weight excluding hydrogens is 210 g/mol. The predicted molar refractivity (Wildman–Crippen MR) is 66.7 cm³/mol. The Kier molecular flexibility index (Phi) is 6.37. The summed E-state index contributed by atoms with van der Waals surface area (Å²) < 4.78 is 5.54. The van der Waals surface area contributed by atoms with E-state index in [-0.39, 0.29) is 24.6 Å². The maximum absolute atomic E-state index is 5.90. The van der Waals surface area contributed by atoms with E-state index in [9.17, 15) is 0 Å². The van der Waals surface area contributed by atoms with E-state index in [1.165, 1.54) is 5.56 Å². The Hall–Kier alpha value is -0.730. The second-order valence-corrected chi connectivity index (χ2v) is 3.75. The molecule has 0 radical (unpaired) electrons. The second kappa shape index (κ2) is 6.70. The lowest BCUT2D eigenvalue weighted by Gasteiger charge is -2.12. The SMILES string of the molecule is CC[C@@H](N)c1ccc(OC(C)C)cc1.Cl. The lowest BCUT2D eigenvalue weighted by atomic mass is 10.1. The first-order valence-electron chi connectivity index (χ1n) is 5.15. The molecule has 1 aromatic rings. The number of hydrogen-bond acceptors (Lipinski definition) is 2. The molecule has 0 aliphatic rings. The normalized spacial score (nSPS) is 12.1. The molecule has 0 spiro atoms. The van der Waals surface area contributed by atoms with Gasteiger partial charge < -0.3 is 10.5 Å². The van der Waals surface area contributed by atoms with Crippen molar-refractivity contribution in [1.82, 2.24) is 0 Å². The maximum atomic E-state index is 5.90. The number of benzene rings is 1. The number of hydrogen-bond donors (Lipinski definition) is 1. The van der Waals surface area contributed by atoms with E-state index in [0.717, 1.165) is 12.2 Å². The van der Waals surface area contributed by atoms with E-state index in [1.54, 1.807) is 0 Å². The molecule has 86 valence electrons. The number of rotatable bonds is 4. The molecule has 2 N–H and O–H groups in total. The Morgan fingerprint density at radius 2 is 1.73 bits per heavy atom. The van der Waals surface area contributed by atoms with Gasteiger partial charge in [-0.1, -0.05) is 19.1 Å². The van der Waals surface area contributed by atoms with Crippen molar-refractivity contribution in [1.29, 1.82) is 0 Å². The minimum atomic E-state index is 0. The third kappa shape index (κ3) is 4.54. The van der Waals surface area contributed by atoms with Crippen LogP contribution in [-0.2, 0) is 0 Å². The summed E-state index contributed by atoms with van der Waals surface area (Å²) in [6, 6.07) is 8.16. The summed E-state index contributed by atoms with van der Waals surface area (Å²) in [5, 5.41) is 0. The Balaban J connectivity index is 0.00000196. The smallest absolute Gasteiger partial charge is 0.119 e. The topological polar surface area (TPSA) is 35.2 Å². The molecular formula is C12H20ClNO. The molecule has 0 unspecified atom stereocenters. The van der Waals surface area contributed by atoms with Crippen molar-refractivity contribution < 1.29 is 4.74 Å². The van der Waals surface area contributed by atoms with Gasteiger partial charge in [-0.05, 0) is 38.0 Å². The van der Waals surface area contributed by atoms with Crippen LogP contribution in [0, 0.1) is 0 Å². The maximum Gasteiger partial charge on any atom is 0.119 e. The molecule has 1 atom stereocenters. The van der Waals surface area contributed by atoms with Gasteiger partial charge in [0.1, 0.15) is 5.75 Å². The molecule has 0 bridgehead atoms. The van der Waals surface area contributed by atoms with E-state index in [4.69, 9.17) is 10.5 Å². The third-order valence-corrected chi connectivity index (χ3v) is 2.12. The van der Waals surface area contributed by atoms with Crippen molar-refractivity contribution >= 4 is 12.4 Å². The van der Waals surface area contributed by atoms with Crippen molar-refractivity contribution in [3.63, 3.8) is 0 Å². The van der Waals surface area contributed by atoms with Gasteiger partial charge in [0.15, 0.2) is 0 Å². The first-order chi connectivity index (χ1) is 6.63. The van der Waals surface area contributed by atoms with E-state index in [0.29, 0.717) is 0 Å². The first-order valence-corrected chi connectivity index (χ1v) is 5.15. The lowest BCUT2D eigenvalue weighted by Crippen LogP contribution is -2.09. The second-order valence-electron chi connectivity index (χ2n) is 3.75.